The van der Waals surface area contributed by atoms with Crippen LogP contribution in [0.2, 0.25) is 0 Å². The number of carbonyl (C=O) groups is 3. The summed E-state index contributed by atoms with van der Waals surface area (Å²) in [5.74, 6) is 0.00607. The molecule has 6 nitrogen and oxygen atoms in total. The third-order valence-corrected chi connectivity index (χ3v) is 13.5. The lowest BCUT2D eigenvalue weighted by atomic mass is 10.0. The van der Waals surface area contributed by atoms with Crippen LogP contribution in [0.4, 0.5) is 0 Å². The van der Waals surface area contributed by atoms with Gasteiger partial charge < -0.3 is 14.2 Å². The SMILES string of the molecule is CCCCCCCCCCCCCCCCCCCC(=O)OC[C@@H](COC(=O)CCCCCCCCCCCCCCCC(C)C)OC(=O)CCCCCCCCCCCCCCCC. The molecule has 0 heterocycles. The second-order valence-corrected chi connectivity index (χ2v) is 20.8. The highest BCUT2D eigenvalue weighted by Gasteiger charge is 2.19. The average molecular weight is 920 g/mol. The molecule has 0 fully saturated rings. The van der Waals surface area contributed by atoms with Gasteiger partial charge in [-0.1, -0.05) is 297 Å². The standard InChI is InChI=1S/C59H114O6/c1-5-7-9-11-13-15-17-19-21-22-23-27-30-34-38-42-46-50-57(60)63-53-56(65-59(62)52-48-44-40-36-32-26-20-18-16-14-12-10-8-6-2)54-64-58(61)51-47-43-39-35-31-28-24-25-29-33-37-41-45-49-55(3)4/h55-56H,5-54H2,1-4H3/t56-/m0/s1. The summed E-state index contributed by atoms with van der Waals surface area (Å²) in [7, 11) is 0. The van der Waals surface area contributed by atoms with Gasteiger partial charge in [0.2, 0.25) is 0 Å². The minimum Gasteiger partial charge on any atom is -0.462 e. The van der Waals surface area contributed by atoms with Crippen molar-refractivity contribution in [2.24, 2.45) is 5.92 Å². The lowest BCUT2D eigenvalue weighted by Crippen LogP contribution is -2.30. The molecule has 0 aliphatic rings. The zero-order valence-corrected chi connectivity index (χ0v) is 44.5. The number of esters is 3. The molecule has 0 unspecified atom stereocenters. The van der Waals surface area contributed by atoms with Crippen LogP contribution in [0.15, 0.2) is 0 Å². The maximum absolute atomic E-state index is 12.8. The number of hydrogen-bond acceptors (Lipinski definition) is 6. The first-order valence-corrected chi connectivity index (χ1v) is 29.4. The highest BCUT2D eigenvalue weighted by molar-refractivity contribution is 5.71. The van der Waals surface area contributed by atoms with E-state index >= 15 is 0 Å². The molecule has 386 valence electrons. The lowest BCUT2D eigenvalue weighted by Gasteiger charge is -2.18. The van der Waals surface area contributed by atoms with Crippen molar-refractivity contribution in [2.45, 2.75) is 342 Å². The van der Waals surface area contributed by atoms with Gasteiger partial charge in [0.25, 0.3) is 0 Å². The van der Waals surface area contributed by atoms with E-state index < -0.39 is 6.10 Å². The van der Waals surface area contributed by atoms with Crippen LogP contribution < -0.4 is 0 Å². The topological polar surface area (TPSA) is 78.9 Å². The molecular weight excluding hydrogens is 805 g/mol. The highest BCUT2D eigenvalue weighted by atomic mass is 16.6. The number of ether oxygens (including phenoxy) is 3. The van der Waals surface area contributed by atoms with Crippen LogP contribution in [0.1, 0.15) is 336 Å². The van der Waals surface area contributed by atoms with Crippen molar-refractivity contribution in [2.75, 3.05) is 13.2 Å². The fourth-order valence-electron chi connectivity index (χ4n) is 9.10. The number of rotatable bonds is 54. The summed E-state index contributed by atoms with van der Waals surface area (Å²) in [5, 5.41) is 0. The quantitative estimate of drug-likeness (QED) is 0.0344. The summed E-state index contributed by atoms with van der Waals surface area (Å²) in [6, 6.07) is 0. The van der Waals surface area contributed by atoms with Crippen molar-refractivity contribution < 1.29 is 28.6 Å². The molecule has 1 atom stereocenters. The first-order valence-electron chi connectivity index (χ1n) is 29.4. The number of hydrogen-bond donors (Lipinski definition) is 0. The van der Waals surface area contributed by atoms with Crippen LogP contribution in [-0.2, 0) is 28.6 Å². The van der Waals surface area contributed by atoms with Crippen molar-refractivity contribution >= 4 is 17.9 Å². The smallest absolute Gasteiger partial charge is 0.306 e. The monoisotopic (exact) mass is 919 g/mol. The molecule has 6 heteroatoms. The minimum atomic E-state index is -0.762. The van der Waals surface area contributed by atoms with Gasteiger partial charge in [-0.05, 0) is 25.2 Å². The van der Waals surface area contributed by atoms with Gasteiger partial charge in [0.1, 0.15) is 13.2 Å². The van der Waals surface area contributed by atoms with E-state index in [1.54, 1.807) is 0 Å². The Morgan fingerprint density at radius 2 is 0.508 bits per heavy atom. The van der Waals surface area contributed by atoms with Gasteiger partial charge in [-0.15, -0.1) is 0 Å². The van der Waals surface area contributed by atoms with Crippen molar-refractivity contribution in [1.29, 1.82) is 0 Å². The molecule has 0 radical (unpaired) electrons. The molecule has 0 aromatic carbocycles. The van der Waals surface area contributed by atoms with E-state index in [1.165, 1.54) is 231 Å². The van der Waals surface area contributed by atoms with Gasteiger partial charge in [-0.25, -0.2) is 0 Å². The van der Waals surface area contributed by atoms with Crippen LogP contribution in [0.5, 0.6) is 0 Å². The molecular formula is C59H114O6. The Kier molecular flexibility index (Phi) is 52.1. The second kappa shape index (κ2) is 53.4. The highest BCUT2D eigenvalue weighted by Crippen LogP contribution is 2.18. The largest absolute Gasteiger partial charge is 0.462 e. The molecule has 65 heavy (non-hydrogen) atoms. The van der Waals surface area contributed by atoms with E-state index in [9.17, 15) is 14.4 Å². The molecule has 0 N–H and O–H groups in total. The number of unbranched alkanes of at least 4 members (excludes halogenated alkanes) is 41. The minimum absolute atomic E-state index is 0.0617. The van der Waals surface area contributed by atoms with Crippen LogP contribution in [0.25, 0.3) is 0 Å². The molecule has 0 amide bonds. The summed E-state index contributed by atoms with van der Waals surface area (Å²) in [6.07, 6.45) is 58.0. The predicted molar refractivity (Wildman–Crippen MR) is 280 cm³/mol. The van der Waals surface area contributed by atoms with Crippen molar-refractivity contribution in [3.05, 3.63) is 0 Å². The maximum Gasteiger partial charge on any atom is 0.306 e. The molecule has 0 bridgehead atoms. The van der Waals surface area contributed by atoms with Gasteiger partial charge in [0, 0.05) is 19.3 Å². The zero-order chi connectivity index (χ0) is 47.4. The zero-order valence-electron chi connectivity index (χ0n) is 44.5. The van der Waals surface area contributed by atoms with E-state index in [0.717, 1.165) is 63.7 Å². The van der Waals surface area contributed by atoms with E-state index in [0.29, 0.717) is 19.3 Å². The summed E-state index contributed by atoms with van der Waals surface area (Å²) in [6.45, 7) is 9.07. The third kappa shape index (κ3) is 53.2. The Bertz CT molecular complexity index is 980. The number of carbonyl (C=O) groups excluding carboxylic acids is 3. The van der Waals surface area contributed by atoms with Gasteiger partial charge in [0.05, 0.1) is 0 Å². The third-order valence-electron chi connectivity index (χ3n) is 13.5. The first-order chi connectivity index (χ1) is 31.9. The Labute approximate surface area is 406 Å². The van der Waals surface area contributed by atoms with E-state index in [-0.39, 0.29) is 31.1 Å². The fourth-order valence-corrected chi connectivity index (χ4v) is 9.10. The molecule has 0 aromatic heterocycles. The summed E-state index contributed by atoms with van der Waals surface area (Å²) in [4.78, 5) is 38.2. The summed E-state index contributed by atoms with van der Waals surface area (Å²) < 4.78 is 16.9. The molecule has 0 aromatic rings. The van der Waals surface area contributed by atoms with Crippen molar-refractivity contribution in [3.63, 3.8) is 0 Å². The molecule has 0 rings (SSSR count). The van der Waals surface area contributed by atoms with Crippen molar-refractivity contribution in [3.8, 4) is 0 Å². The molecule has 0 aliphatic heterocycles. The van der Waals surface area contributed by atoms with Gasteiger partial charge in [-0.2, -0.15) is 0 Å². The average Bonchev–Trinajstić information content (AvgIpc) is 3.29. The van der Waals surface area contributed by atoms with Gasteiger partial charge in [0.15, 0.2) is 6.10 Å². The molecule has 0 saturated carbocycles. The van der Waals surface area contributed by atoms with E-state index in [2.05, 4.69) is 27.7 Å². The van der Waals surface area contributed by atoms with Crippen molar-refractivity contribution in [1.82, 2.24) is 0 Å². The Balaban J connectivity index is 4.28. The first kappa shape index (κ1) is 63.4. The molecule has 0 saturated heterocycles. The summed E-state index contributed by atoms with van der Waals surface area (Å²) in [5.41, 5.74) is 0. The molecule has 0 aliphatic carbocycles. The molecule has 0 spiro atoms. The van der Waals surface area contributed by atoms with E-state index in [1.807, 2.05) is 0 Å². The Hall–Kier alpha value is -1.59. The summed E-state index contributed by atoms with van der Waals surface area (Å²) >= 11 is 0. The van der Waals surface area contributed by atoms with Crippen LogP contribution >= 0.6 is 0 Å². The van der Waals surface area contributed by atoms with Gasteiger partial charge >= 0.3 is 17.9 Å². The fraction of sp³-hybridized carbons (Fsp3) is 0.949. The second-order valence-electron chi connectivity index (χ2n) is 20.8. The Morgan fingerprint density at radius 3 is 0.754 bits per heavy atom. The normalized spacial score (nSPS) is 12.0. The van der Waals surface area contributed by atoms with Crippen LogP contribution in [-0.4, -0.2) is 37.2 Å². The van der Waals surface area contributed by atoms with Gasteiger partial charge in [-0.3, -0.25) is 14.4 Å². The van der Waals surface area contributed by atoms with Crippen LogP contribution in [0.3, 0.4) is 0 Å². The lowest BCUT2D eigenvalue weighted by molar-refractivity contribution is -0.167. The van der Waals surface area contributed by atoms with E-state index in [4.69, 9.17) is 14.2 Å². The van der Waals surface area contributed by atoms with Crippen LogP contribution in [0, 0.1) is 5.92 Å². The Morgan fingerprint density at radius 1 is 0.292 bits per heavy atom. The predicted octanol–water partition coefficient (Wildman–Crippen LogP) is 19.4. The maximum atomic E-state index is 12.8.